The molecule has 1 aromatic heterocycles. The van der Waals surface area contributed by atoms with Gasteiger partial charge in [0.2, 0.25) is 0 Å². The Morgan fingerprint density at radius 2 is 2.04 bits per heavy atom. The number of ether oxygens (including phenoxy) is 1. The molecule has 0 bridgehead atoms. The zero-order valence-corrected chi connectivity index (χ0v) is 17.0. The molecule has 1 aromatic carbocycles. The van der Waals surface area contributed by atoms with Crippen LogP contribution in [0.2, 0.25) is 0 Å². The fourth-order valence-corrected chi connectivity index (χ4v) is 4.80. The van der Waals surface area contributed by atoms with Gasteiger partial charge in [0.15, 0.2) is 0 Å². The van der Waals surface area contributed by atoms with E-state index in [0.29, 0.717) is 5.92 Å². The number of piperidine rings is 1. The van der Waals surface area contributed by atoms with Crippen molar-refractivity contribution in [3.8, 4) is 0 Å². The van der Waals surface area contributed by atoms with Gasteiger partial charge in [0, 0.05) is 11.2 Å². The molecule has 0 radical (unpaired) electrons. The number of amides is 1. The third-order valence-corrected chi connectivity index (χ3v) is 5.96. The number of carbonyl (C=O) groups is 1. The normalized spacial score (nSPS) is 22.0. The summed E-state index contributed by atoms with van der Waals surface area (Å²) in [6, 6.07) is 8.77. The van der Waals surface area contributed by atoms with Gasteiger partial charge in [0.25, 0.3) is 0 Å². The van der Waals surface area contributed by atoms with Crippen LogP contribution in [-0.2, 0) is 4.74 Å². The average Bonchev–Trinajstić information content (AvgIpc) is 2.84. The van der Waals surface area contributed by atoms with E-state index in [9.17, 15) is 4.79 Å². The molecule has 24 heavy (non-hydrogen) atoms. The minimum absolute atomic E-state index is 0.0964. The lowest BCUT2D eigenvalue weighted by Crippen LogP contribution is -2.44. The van der Waals surface area contributed by atoms with Gasteiger partial charge in [0.05, 0.1) is 9.83 Å². The van der Waals surface area contributed by atoms with Crippen molar-refractivity contribution in [3.63, 3.8) is 0 Å². The number of likely N-dealkylation sites (tertiary alicyclic amines) is 1. The van der Waals surface area contributed by atoms with Gasteiger partial charge in [-0.15, -0.1) is 11.3 Å². The molecule has 2 heterocycles. The molecule has 5 heteroatoms. The molecule has 1 unspecified atom stereocenters. The van der Waals surface area contributed by atoms with Crippen LogP contribution in [0, 0.1) is 5.92 Å². The van der Waals surface area contributed by atoms with Crippen LogP contribution in [0.3, 0.4) is 0 Å². The van der Waals surface area contributed by atoms with E-state index in [1.54, 1.807) is 11.3 Å². The molecular weight excluding hydrogens is 386 g/mol. The highest BCUT2D eigenvalue weighted by atomic mass is 79.9. The Balaban J connectivity index is 1.90. The summed E-state index contributed by atoms with van der Waals surface area (Å²) in [4.78, 5) is 14.6. The van der Waals surface area contributed by atoms with Crippen LogP contribution >= 0.6 is 27.3 Å². The number of fused-ring (bicyclic) bond motifs is 1. The number of rotatable bonds is 1. The quantitative estimate of drug-likeness (QED) is 0.547. The monoisotopic (exact) mass is 409 g/mol. The largest absolute Gasteiger partial charge is 0.444 e. The summed E-state index contributed by atoms with van der Waals surface area (Å²) in [6.07, 6.45) is 1.91. The average molecular weight is 410 g/mol. The Morgan fingerprint density at radius 3 is 2.75 bits per heavy atom. The van der Waals surface area contributed by atoms with Crippen molar-refractivity contribution in [3.05, 3.63) is 33.6 Å². The minimum Gasteiger partial charge on any atom is -0.444 e. The van der Waals surface area contributed by atoms with Gasteiger partial charge in [-0.3, -0.25) is 0 Å². The molecule has 2 atom stereocenters. The third kappa shape index (κ3) is 3.94. The first-order valence-corrected chi connectivity index (χ1v) is 10.0. The molecule has 1 saturated heterocycles. The minimum atomic E-state index is -0.468. The predicted octanol–water partition coefficient (Wildman–Crippen LogP) is 6.37. The molecule has 0 saturated carbocycles. The van der Waals surface area contributed by atoms with Gasteiger partial charge >= 0.3 is 6.09 Å². The fourth-order valence-electron chi connectivity index (χ4n) is 3.26. The summed E-state index contributed by atoms with van der Waals surface area (Å²) in [5.41, 5.74) is 0.732. The van der Waals surface area contributed by atoms with Crippen molar-refractivity contribution in [1.82, 2.24) is 4.90 Å². The van der Waals surface area contributed by atoms with E-state index in [1.807, 2.05) is 25.7 Å². The smallest absolute Gasteiger partial charge is 0.410 e. The summed E-state index contributed by atoms with van der Waals surface area (Å²) in [7, 11) is 0. The van der Waals surface area contributed by atoms with Crippen molar-refractivity contribution >= 4 is 43.4 Å². The summed E-state index contributed by atoms with van der Waals surface area (Å²) < 4.78 is 8.05. The maximum absolute atomic E-state index is 12.7. The number of nitrogens with zero attached hydrogens (tertiary/aromatic N) is 1. The van der Waals surface area contributed by atoms with Crippen LogP contribution in [-0.4, -0.2) is 23.1 Å². The first-order valence-electron chi connectivity index (χ1n) is 8.41. The SMILES string of the molecule is CC1CC[C@@H](c2ccc3sc(Br)cc3c2)N(C(=O)OC(C)(C)C)C1. The highest BCUT2D eigenvalue weighted by molar-refractivity contribution is 9.11. The van der Waals surface area contributed by atoms with Gasteiger partial charge in [-0.25, -0.2) is 4.79 Å². The zero-order valence-electron chi connectivity index (χ0n) is 14.6. The second-order valence-corrected chi connectivity index (χ2v) is 10.1. The lowest BCUT2D eigenvalue weighted by atomic mass is 9.90. The third-order valence-electron chi connectivity index (χ3n) is 4.34. The number of carbonyl (C=O) groups excluding carboxylic acids is 1. The maximum Gasteiger partial charge on any atom is 0.410 e. The molecule has 1 aliphatic heterocycles. The summed E-state index contributed by atoms with van der Waals surface area (Å²) in [6.45, 7) is 8.71. The highest BCUT2D eigenvalue weighted by Crippen LogP contribution is 2.37. The first kappa shape index (κ1) is 17.7. The summed E-state index contributed by atoms with van der Waals surface area (Å²) in [5, 5.41) is 1.23. The molecule has 0 aliphatic carbocycles. The number of hydrogen-bond donors (Lipinski definition) is 0. The number of halogens is 1. The van der Waals surface area contributed by atoms with E-state index in [0.717, 1.165) is 23.2 Å². The molecule has 0 spiro atoms. The Labute approximate surface area is 156 Å². The van der Waals surface area contributed by atoms with Gasteiger partial charge in [-0.05, 0) is 84.6 Å². The molecule has 3 nitrogen and oxygen atoms in total. The molecule has 0 N–H and O–H groups in total. The lowest BCUT2D eigenvalue weighted by molar-refractivity contribution is 0.00365. The van der Waals surface area contributed by atoms with Crippen molar-refractivity contribution in [1.29, 1.82) is 0 Å². The Morgan fingerprint density at radius 1 is 1.29 bits per heavy atom. The van der Waals surface area contributed by atoms with Gasteiger partial charge in [-0.2, -0.15) is 0 Å². The second-order valence-electron chi connectivity index (χ2n) is 7.68. The maximum atomic E-state index is 12.7. The van der Waals surface area contributed by atoms with Crippen LogP contribution in [0.15, 0.2) is 28.1 Å². The second kappa shape index (κ2) is 6.68. The van der Waals surface area contributed by atoms with E-state index in [4.69, 9.17) is 4.74 Å². The summed E-state index contributed by atoms with van der Waals surface area (Å²) >= 11 is 5.29. The van der Waals surface area contributed by atoms with Crippen LogP contribution < -0.4 is 0 Å². The Bertz CT molecular complexity index is 749. The zero-order chi connectivity index (χ0) is 17.5. The number of benzene rings is 1. The molecule has 1 fully saturated rings. The Kier molecular flexibility index (Phi) is 4.94. The highest BCUT2D eigenvalue weighted by Gasteiger charge is 2.33. The van der Waals surface area contributed by atoms with Gasteiger partial charge in [-0.1, -0.05) is 13.0 Å². The molecule has 130 valence electrons. The van der Waals surface area contributed by atoms with Crippen molar-refractivity contribution in [2.75, 3.05) is 6.54 Å². The fraction of sp³-hybridized carbons (Fsp3) is 0.526. The van der Waals surface area contributed by atoms with E-state index < -0.39 is 5.60 Å². The van der Waals surface area contributed by atoms with Crippen molar-refractivity contribution < 1.29 is 9.53 Å². The van der Waals surface area contributed by atoms with Crippen molar-refractivity contribution in [2.45, 2.75) is 52.2 Å². The first-order chi connectivity index (χ1) is 11.2. The number of hydrogen-bond acceptors (Lipinski definition) is 3. The predicted molar refractivity (Wildman–Crippen MR) is 104 cm³/mol. The van der Waals surface area contributed by atoms with Gasteiger partial charge in [0.1, 0.15) is 5.60 Å². The van der Waals surface area contributed by atoms with E-state index in [1.165, 1.54) is 15.6 Å². The molecule has 1 aliphatic rings. The molecule has 2 aromatic rings. The molecular formula is C19H24BrNO2S. The van der Waals surface area contributed by atoms with Crippen LogP contribution in [0.4, 0.5) is 4.79 Å². The molecule has 1 amide bonds. The lowest BCUT2D eigenvalue weighted by Gasteiger charge is -2.39. The standard InChI is InChI=1S/C19H24BrNO2S/c1-12-5-7-15(21(11-12)18(22)23-19(2,3)4)13-6-8-16-14(9-13)10-17(20)24-16/h6,8-10,12,15H,5,7,11H2,1-4H3/t12?,15-/m0/s1. The van der Waals surface area contributed by atoms with E-state index in [-0.39, 0.29) is 12.1 Å². The van der Waals surface area contributed by atoms with E-state index >= 15 is 0 Å². The van der Waals surface area contributed by atoms with Crippen LogP contribution in [0.25, 0.3) is 10.1 Å². The van der Waals surface area contributed by atoms with Gasteiger partial charge < -0.3 is 9.64 Å². The Hall–Kier alpha value is -1.07. The summed E-state index contributed by atoms with van der Waals surface area (Å²) in [5.74, 6) is 0.507. The molecule has 3 rings (SSSR count). The van der Waals surface area contributed by atoms with Crippen molar-refractivity contribution in [2.24, 2.45) is 5.92 Å². The number of thiophene rings is 1. The topological polar surface area (TPSA) is 29.5 Å². The van der Waals surface area contributed by atoms with Crippen LogP contribution in [0.5, 0.6) is 0 Å². The van der Waals surface area contributed by atoms with E-state index in [2.05, 4.69) is 47.1 Å². The van der Waals surface area contributed by atoms with Crippen LogP contribution in [0.1, 0.15) is 52.1 Å².